The number of halogens is 1. The van der Waals surface area contributed by atoms with Gasteiger partial charge in [-0.15, -0.1) is 24.0 Å². The van der Waals surface area contributed by atoms with Crippen molar-refractivity contribution >= 4 is 39.8 Å². The minimum absolute atomic E-state index is 0. The monoisotopic (exact) mass is 445 g/mol. The van der Waals surface area contributed by atoms with Crippen molar-refractivity contribution in [3.05, 3.63) is 0 Å². The van der Waals surface area contributed by atoms with Crippen LogP contribution in [0.4, 0.5) is 0 Å². The first-order valence-electron chi connectivity index (χ1n) is 8.21. The molecule has 0 bridgehead atoms. The van der Waals surface area contributed by atoms with Gasteiger partial charge in [-0.25, -0.2) is 8.42 Å². The Balaban J connectivity index is 0.00000441. The molecule has 1 rings (SSSR count). The summed E-state index contributed by atoms with van der Waals surface area (Å²) in [6.45, 7) is 4.34. The van der Waals surface area contributed by atoms with Crippen LogP contribution >= 0.6 is 24.0 Å². The van der Waals surface area contributed by atoms with Crippen LogP contribution in [0, 0.1) is 5.92 Å². The predicted molar refractivity (Wildman–Crippen MR) is 105 cm³/mol. The van der Waals surface area contributed by atoms with E-state index in [2.05, 4.69) is 15.6 Å². The Labute approximate surface area is 153 Å². The van der Waals surface area contributed by atoms with Crippen molar-refractivity contribution < 1.29 is 8.42 Å². The highest BCUT2D eigenvalue weighted by Crippen LogP contribution is 2.28. The zero-order chi connectivity index (χ0) is 15.6. The van der Waals surface area contributed by atoms with Gasteiger partial charge in [0.25, 0.3) is 0 Å². The third-order valence-corrected chi connectivity index (χ3v) is 4.87. The fourth-order valence-electron chi connectivity index (χ4n) is 2.76. The van der Waals surface area contributed by atoms with Crippen molar-refractivity contribution in [1.82, 2.24) is 10.6 Å². The minimum Gasteiger partial charge on any atom is -0.357 e. The minimum atomic E-state index is -2.87. The molecule has 2 N–H and O–H groups in total. The average molecular weight is 445 g/mol. The van der Waals surface area contributed by atoms with Crippen LogP contribution in [-0.4, -0.2) is 46.0 Å². The molecule has 0 aliphatic heterocycles. The van der Waals surface area contributed by atoms with E-state index in [0.717, 1.165) is 25.0 Å². The van der Waals surface area contributed by atoms with Gasteiger partial charge in [-0.05, 0) is 32.1 Å². The van der Waals surface area contributed by atoms with Crippen molar-refractivity contribution in [3.8, 4) is 0 Å². The summed E-state index contributed by atoms with van der Waals surface area (Å²) in [5.74, 6) is 1.94. The van der Waals surface area contributed by atoms with Crippen LogP contribution in [0.15, 0.2) is 4.99 Å². The van der Waals surface area contributed by atoms with E-state index in [0.29, 0.717) is 13.0 Å². The van der Waals surface area contributed by atoms with Crippen molar-refractivity contribution in [2.45, 2.75) is 51.9 Å². The van der Waals surface area contributed by atoms with Gasteiger partial charge in [-0.1, -0.05) is 25.7 Å². The Bertz CT molecular complexity index is 407. The lowest BCUT2D eigenvalue weighted by atomic mass is 10.0. The normalized spacial score (nSPS) is 16.4. The van der Waals surface area contributed by atoms with Crippen LogP contribution in [0.25, 0.3) is 0 Å². The van der Waals surface area contributed by atoms with E-state index in [1.165, 1.54) is 44.8 Å². The van der Waals surface area contributed by atoms with E-state index in [4.69, 9.17) is 0 Å². The number of guanidine groups is 1. The van der Waals surface area contributed by atoms with Gasteiger partial charge in [0.05, 0.1) is 5.75 Å². The van der Waals surface area contributed by atoms with Crippen LogP contribution < -0.4 is 10.6 Å². The molecule has 0 unspecified atom stereocenters. The van der Waals surface area contributed by atoms with Crippen molar-refractivity contribution in [2.75, 3.05) is 31.6 Å². The lowest BCUT2D eigenvalue weighted by molar-refractivity contribution is 0.481. The third-order valence-electron chi connectivity index (χ3n) is 3.84. The van der Waals surface area contributed by atoms with Crippen molar-refractivity contribution in [2.24, 2.45) is 10.9 Å². The summed E-state index contributed by atoms with van der Waals surface area (Å²) in [4.78, 5) is 4.42. The van der Waals surface area contributed by atoms with Gasteiger partial charge in [0.15, 0.2) is 5.96 Å². The van der Waals surface area contributed by atoms with Crippen molar-refractivity contribution in [3.63, 3.8) is 0 Å². The molecule has 132 valence electrons. The van der Waals surface area contributed by atoms with E-state index < -0.39 is 9.84 Å². The third kappa shape index (κ3) is 11.5. The fourth-order valence-corrected chi connectivity index (χ4v) is 3.41. The maximum absolute atomic E-state index is 11.1. The molecule has 1 aliphatic rings. The maximum atomic E-state index is 11.1. The highest BCUT2D eigenvalue weighted by molar-refractivity contribution is 14.0. The number of hydrogen-bond acceptors (Lipinski definition) is 3. The van der Waals surface area contributed by atoms with E-state index in [-0.39, 0.29) is 29.7 Å². The maximum Gasteiger partial charge on any atom is 0.191 e. The summed E-state index contributed by atoms with van der Waals surface area (Å²) in [7, 11) is -2.87. The quantitative estimate of drug-likeness (QED) is 0.248. The van der Waals surface area contributed by atoms with Gasteiger partial charge < -0.3 is 10.6 Å². The van der Waals surface area contributed by atoms with Gasteiger partial charge in [0.2, 0.25) is 0 Å². The average Bonchev–Trinajstić information content (AvgIpc) is 2.91. The number of nitrogens with one attached hydrogen (secondary N) is 2. The Hall–Kier alpha value is -0.0500. The van der Waals surface area contributed by atoms with Crippen LogP contribution in [0.1, 0.15) is 51.9 Å². The SMILES string of the molecule is CCNC(=NCCCS(C)(=O)=O)NCCCC1CCCC1.I. The summed E-state index contributed by atoms with van der Waals surface area (Å²) in [6.07, 6.45) is 9.95. The summed E-state index contributed by atoms with van der Waals surface area (Å²) in [5, 5.41) is 6.53. The largest absolute Gasteiger partial charge is 0.357 e. The molecule has 0 spiro atoms. The van der Waals surface area contributed by atoms with Crippen molar-refractivity contribution in [1.29, 1.82) is 0 Å². The van der Waals surface area contributed by atoms with Gasteiger partial charge in [0.1, 0.15) is 9.84 Å². The standard InChI is InChI=1S/C15H31N3O2S.HI/c1-3-16-15(18-12-7-13-21(2,19)20)17-11-6-10-14-8-4-5-9-14;/h14H,3-13H2,1-2H3,(H2,16,17,18);1H. The predicted octanol–water partition coefficient (Wildman–Crippen LogP) is 2.56. The second kappa shape index (κ2) is 12.4. The molecule has 0 aromatic heterocycles. The molecule has 0 heterocycles. The molecule has 0 radical (unpaired) electrons. The Morgan fingerprint density at radius 3 is 2.45 bits per heavy atom. The molecule has 1 saturated carbocycles. The topological polar surface area (TPSA) is 70.6 Å². The number of rotatable bonds is 9. The number of sulfone groups is 1. The molecule has 1 aliphatic carbocycles. The summed E-state index contributed by atoms with van der Waals surface area (Å²) < 4.78 is 22.1. The molecule has 5 nitrogen and oxygen atoms in total. The number of nitrogens with zero attached hydrogens (tertiary/aromatic N) is 1. The van der Waals surface area contributed by atoms with E-state index >= 15 is 0 Å². The molecule has 22 heavy (non-hydrogen) atoms. The Kier molecular flexibility index (Phi) is 12.4. The second-order valence-electron chi connectivity index (χ2n) is 5.96. The van der Waals surface area contributed by atoms with Gasteiger partial charge >= 0.3 is 0 Å². The van der Waals surface area contributed by atoms with E-state index in [1.807, 2.05) is 6.92 Å². The highest BCUT2D eigenvalue weighted by Gasteiger charge is 2.13. The number of hydrogen-bond donors (Lipinski definition) is 2. The summed E-state index contributed by atoms with van der Waals surface area (Å²) in [6, 6.07) is 0. The molecule has 1 fully saturated rings. The second-order valence-corrected chi connectivity index (χ2v) is 8.22. The molecular weight excluding hydrogens is 413 g/mol. The Morgan fingerprint density at radius 1 is 1.18 bits per heavy atom. The van der Waals surface area contributed by atoms with Crippen LogP contribution in [-0.2, 0) is 9.84 Å². The van der Waals surface area contributed by atoms with E-state index in [9.17, 15) is 8.42 Å². The fraction of sp³-hybridized carbons (Fsp3) is 0.933. The molecule has 0 aromatic rings. The van der Waals surface area contributed by atoms with Crippen LogP contribution in [0.2, 0.25) is 0 Å². The molecule has 0 atom stereocenters. The lowest BCUT2D eigenvalue weighted by Gasteiger charge is -2.13. The summed E-state index contributed by atoms with van der Waals surface area (Å²) >= 11 is 0. The van der Waals surface area contributed by atoms with Crippen LogP contribution in [0.5, 0.6) is 0 Å². The Morgan fingerprint density at radius 2 is 1.86 bits per heavy atom. The smallest absolute Gasteiger partial charge is 0.191 e. The zero-order valence-corrected chi connectivity index (χ0v) is 17.1. The van der Waals surface area contributed by atoms with Gasteiger partial charge in [-0.3, -0.25) is 4.99 Å². The van der Waals surface area contributed by atoms with Gasteiger partial charge in [0, 0.05) is 25.9 Å². The van der Waals surface area contributed by atoms with E-state index in [1.54, 1.807) is 0 Å². The molecule has 0 aromatic carbocycles. The first-order valence-corrected chi connectivity index (χ1v) is 10.3. The zero-order valence-electron chi connectivity index (χ0n) is 13.9. The molecule has 7 heteroatoms. The lowest BCUT2D eigenvalue weighted by Crippen LogP contribution is -2.38. The number of aliphatic imine (C=N–C) groups is 1. The highest BCUT2D eigenvalue weighted by atomic mass is 127. The molecule has 0 saturated heterocycles. The first-order chi connectivity index (χ1) is 10.0. The summed E-state index contributed by atoms with van der Waals surface area (Å²) in [5.41, 5.74) is 0. The van der Waals surface area contributed by atoms with Gasteiger partial charge in [-0.2, -0.15) is 0 Å². The van der Waals surface area contributed by atoms with Crippen LogP contribution in [0.3, 0.4) is 0 Å². The molecular formula is C15H32IN3O2S. The molecule has 0 amide bonds. The first kappa shape index (κ1) is 21.9.